The van der Waals surface area contributed by atoms with Crippen LogP contribution in [0.3, 0.4) is 0 Å². The molecular weight excluding hydrogens is 324 g/mol. The van der Waals surface area contributed by atoms with Crippen LogP contribution in [0.25, 0.3) is 0 Å². The van der Waals surface area contributed by atoms with Gasteiger partial charge >= 0.3 is 5.97 Å². The van der Waals surface area contributed by atoms with E-state index in [-0.39, 0.29) is 43.7 Å². The smallest absolute Gasteiger partial charge is 0.309 e. The second kappa shape index (κ2) is 7.46. The zero-order valence-electron chi connectivity index (χ0n) is 14.4. The second-order valence-electron chi connectivity index (χ2n) is 6.77. The first-order valence-corrected chi connectivity index (χ1v) is 8.14. The number of hydrogen-bond donors (Lipinski definition) is 2. The van der Waals surface area contributed by atoms with Gasteiger partial charge in [-0.2, -0.15) is 0 Å². The van der Waals surface area contributed by atoms with E-state index in [1.165, 1.54) is 4.90 Å². The maximum atomic E-state index is 12.1. The minimum absolute atomic E-state index is 0.173. The first-order chi connectivity index (χ1) is 11.7. The molecule has 25 heavy (non-hydrogen) atoms. The van der Waals surface area contributed by atoms with Crippen LogP contribution in [-0.2, 0) is 20.9 Å². The van der Waals surface area contributed by atoms with Crippen molar-refractivity contribution in [2.45, 2.75) is 39.7 Å². The maximum absolute atomic E-state index is 12.1. The number of aliphatic carboxylic acids is 1. The molecule has 0 aromatic heterocycles. The molecule has 0 atom stereocenters. The van der Waals surface area contributed by atoms with Crippen LogP contribution in [-0.4, -0.2) is 40.2 Å². The zero-order chi connectivity index (χ0) is 18.6. The van der Waals surface area contributed by atoms with Crippen LogP contribution >= 0.6 is 0 Å². The monoisotopic (exact) mass is 346 g/mol. The van der Waals surface area contributed by atoms with E-state index >= 15 is 0 Å². The molecule has 2 rings (SSSR count). The molecule has 0 bridgehead atoms. The molecule has 1 fully saturated rings. The van der Waals surface area contributed by atoms with Gasteiger partial charge in [0, 0.05) is 24.9 Å². The molecule has 0 aliphatic carbocycles. The molecule has 1 aromatic rings. The minimum atomic E-state index is -0.905. The number of carboxylic acids is 1. The number of benzene rings is 1. The number of nitrogens with zero attached hydrogens (tertiary/aromatic N) is 1. The highest BCUT2D eigenvalue weighted by Crippen LogP contribution is 2.19. The van der Waals surface area contributed by atoms with Gasteiger partial charge in [0.15, 0.2) is 0 Å². The predicted molar refractivity (Wildman–Crippen MR) is 89.6 cm³/mol. The Labute approximate surface area is 146 Å². The fraction of sp³-hybridized carbons (Fsp3) is 0.444. The average Bonchev–Trinajstić information content (AvgIpc) is 2.87. The van der Waals surface area contributed by atoms with E-state index in [2.05, 4.69) is 5.32 Å². The summed E-state index contributed by atoms with van der Waals surface area (Å²) in [4.78, 5) is 47.6. The van der Waals surface area contributed by atoms with Gasteiger partial charge in [-0.15, -0.1) is 0 Å². The summed E-state index contributed by atoms with van der Waals surface area (Å²) in [6.07, 6.45) is 0.837. The third-order valence-corrected chi connectivity index (χ3v) is 4.33. The summed E-state index contributed by atoms with van der Waals surface area (Å²) in [5.41, 5.74) is 0.314. The normalized spacial score (nSPS) is 14.7. The third-order valence-electron chi connectivity index (χ3n) is 4.33. The Morgan fingerprint density at radius 2 is 1.68 bits per heavy atom. The van der Waals surface area contributed by atoms with E-state index < -0.39 is 11.4 Å². The van der Waals surface area contributed by atoms with Crippen molar-refractivity contribution in [1.82, 2.24) is 10.2 Å². The summed E-state index contributed by atoms with van der Waals surface area (Å²) in [5.74, 6) is -1.54. The first-order valence-electron chi connectivity index (χ1n) is 8.14. The fourth-order valence-corrected chi connectivity index (χ4v) is 2.44. The van der Waals surface area contributed by atoms with Crippen molar-refractivity contribution in [3.8, 4) is 0 Å². The fourth-order valence-electron chi connectivity index (χ4n) is 2.44. The molecule has 134 valence electrons. The molecule has 3 amide bonds. The number of rotatable bonds is 7. The van der Waals surface area contributed by atoms with Crippen molar-refractivity contribution in [3.63, 3.8) is 0 Å². The lowest BCUT2D eigenvalue weighted by Crippen LogP contribution is -2.32. The van der Waals surface area contributed by atoms with Gasteiger partial charge in [0.2, 0.25) is 11.8 Å². The molecule has 1 aromatic carbocycles. The van der Waals surface area contributed by atoms with Crippen molar-refractivity contribution in [2.24, 2.45) is 5.41 Å². The highest BCUT2D eigenvalue weighted by molar-refractivity contribution is 6.01. The second-order valence-corrected chi connectivity index (χ2v) is 6.77. The van der Waals surface area contributed by atoms with Gasteiger partial charge in [0.05, 0.1) is 12.0 Å². The van der Waals surface area contributed by atoms with Crippen LogP contribution in [0.1, 0.15) is 49.0 Å². The first kappa shape index (κ1) is 18.6. The highest BCUT2D eigenvalue weighted by atomic mass is 16.4. The van der Waals surface area contributed by atoms with E-state index in [0.29, 0.717) is 12.0 Å². The van der Waals surface area contributed by atoms with Gasteiger partial charge < -0.3 is 10.4 Å². The van der Waals surface area contributed by atoms with Crippen LogP contribution in [0.2, 0.25) is 0 Å². The van der Waals surface area contributed by atoms with Crippen LogP contribution in [0, 0.1) is 5.41 Å². The van der Waals surface area contributed by atoms with E-state index in [9.17, 15) is 19.2 Å². The quantitative estimate of drug-likeness (QED) is 0.729. The zero-order valence-corrected chi connectivity index (χ0v) is 14.4. The molecule has 1 heterocycles. The number of imide groups is 1. The van der Waals surface area contributed by atoms with E-state index in [4.69, 9.17) is 5.11 Å². The van der Waals surface area contributed by atoms with Crippen molar-refractivity contribution in [3.05, 3.63) is 35.4 Å². The summed E-state index contributed by atoms with van der Waals surface area (Å²) >= 11 is 0. The molecule has 0 spiro atoms. The van der Waals surface area contributed by atoms with E-state index in [0.717, 1.165) is 5.56 Å². The molecule has 1 aliphatic rings. The Morgan fingerprint density at radius 1 is 1.12 bits per heavy atom. The minimum Gasteiger partial charge on any atom is -0.481 e. The van der Waals surface area contributed by atoms with Crippen molar-refractivity contribution in [2.75, 3.05) is 6.54 Å². The van der Waals surface area contributed by atoms with Gasteiger partial charge in [-0.25, -0.2) is 0 Å². The Balaban J connectivity index is 1.89. The standard InChI is InChI=1S/C18H22N2O5/c1-18(2,17(24)25)9-10-19-16(23)13-5-3-12(4-6-13)11-20-14(21)7-8-15(20)22/h3-6H,7-11H2,1-2H3,(H,19,23)(H,24,25). The number of carboxylic acid groups (broad SMARTS) is 1. The predicted octanol–water partition coefficient (Wildman–Crippen LogP) is 1.57. The van der Waals surface area contributed by atoms with Crippen LogP contribution in [0.4, 0.5) is 0 Å². The summed E-state index contributed by atoms with van der Waals surface area (Å²) in [5, 5.41) is 11.7. The lowest BCUT2D eigenvalue weighted by molar-refractivity contribution is -0.147. The highest BCUT2D eigenvalue weighted by Gasteiger charge is 2.29. The van der Waals surface area contributed by atoms with E-state index in [1.807, 2.05) is 0 Å². The van der Waals surface area contributed by atoms with E-state index in [1.54, 1.807) is 38.1 Å². The van der Waals surface area contributed by atoms with Gasteiger partial charge in [-0.1, -0.05) is 12.1 Å². The lowest BCUT2D eigenvalue weighted by Gasteiger charge is -2.19. The third kappa shape index (κ3) is 4.65. The van der Waals surface area contributed by atoms with Crippen LogP contribution in [0.15, 0.2) is 24.3 Å². The molecule has 2 N–H and O–H groups in total. The molecular formula is C18H22N2O5. The molecule has 1 saturated heterocycles. The lowest BCUT2D eigenvalue weighted by atomic mass is 9.90. The van der Waals surface area contributed by atoms with Gasteiger partial charge in [-0.05, 0) is 38.0 Å². The number of hydrogen-bond acceptors (Lipinski definition) is 4. The van der Waals surface area contributed by atoms with Crippen molar-refractivity contribution in [1.29, 1.82) is 0 Å². The molecule has 0 radical (unpaired) electrons. The summed E-state index contributed by atoms with van der Waals surface area (Å²) in [6.45, 7) is 3.69. The number of amides is 3. The Bertz CT molecular complexity index is 678. The summed E-state index contributed by atoms with van der Waals surface area (Å²) in [7, 11) is 0. The molecule has 7 nitrogen and oxygen atoms in total. The molecule has 0 saturated carbocycles. The molecule has 1 aliphatic heterocycles. The SMILES string of the molecule is CC(C)(CCNC(=O)c1ccc(CN2C(=O)CCC2=O)cc1)C(=O)O. The van der Waals surface area contributed by atoms with Crippen LogP contribution < -0.4 is 5.32 Å². The number of carbonyl (C=O) groups is 4. The Morgan fingerprint density at radius 3 is 2.20 bits per heavy atom. The Kier molecular flexibility index (Phi) is 5.56. The van der Waals surface area contributed by atoms with Crippen molar-refractivity contribution < 1.29 is 24.3 Å². The van der Waals surface area contributed by atoms with Gasteiger partial charge in [0.25, 0.3) is 5.91 Å². The molecule has 0 unspecified atom stereocenters. The van der Waals surface area contributed by atoms with Gasteiger partial charge in [0.1, 0.15) is 0 Å². The average molecular weight is 346 g/mol. The Hall–Kier alpha value is -2.70. The molecule has 7 heteroatoms. The maximum Gasteiger partial charge on any atom is 0.309 e. The number of nitrogens with one attached hydrogen (secondary N) is 1. The largest absolute Gasteiger partial charge is 0.481 e. The van der Waals surface area contributed by atoms with Gasteiger partial charge in [-0.3, -0.25) is 24.1 Å². The van der Waals surface area contributed by atoms with Crippen LogP contribution in [0.5, 0.6) is 0 Å². The summed E-state index contributed by atoms with van der Waals surface area (Å²) < 4.78 is 0. The number of carbonyl (C=O) groups excluding carboxylic acids is 3. The van der Waals surface area contributed by atoms with Crippen molar-refractivity contribution >= 4 is 23.7 Å². The number of likely N-dealkylation sites (tertiary alicyclic amines) is 1. The topological polar surface area (TPSA) is 104 Å². The summed E-state index contributed by atoms with van der Waals surface area (Å²) in [6, 6.07) is 6.65.